The molecule has 4 heteroatoms. The second-order valence-electron chi connectivity index (χ2n) is 2.60. The zero-order valence-corrected chi connectivity index (χ0v) is 7.73. The lowest BCUT2D eigenvalue weighted by Gasteiger charge is -2.18. The van der Waals surface area contributed by atoms with Crippen LogP contribution in [0.1, 0.15) is 5.56 Å². The summed E-state index contributed by atoms with van der Waals surface area (Å²) in [5.74, 6) is 0.778. The van der Waals surface area contributed by atoms with Crippen molar-refractivity contribution >= 4 is 18.1 Å². The fraction of sp³-hybridized carbons (Fsp3) is 0.222. The van der Waals surface area contributed by atoms with E-state index in [1.807, 2.05) is 6.07 Å². The van der Waals surface area contributed by atoms with Gasteiger partial charge in [0.25, 0.3) is 0 Å². The van der Waals surface area contributed by atoms with Crippen LogP contribution in [0.5, 0.6) is 5.75 Å². The molecule has 1 N–H and O–H groups in total. The molecule has 0 bridgehead atoms. The van der Waals surface area contributed by atoms with E-state index in [-0.39, 0.29) is 12.4 Å². The lowest BCUT2D eigenvalue weighted by molar-refractivity contribution is 0.323. The van der Waals surface area contributed by atoms with Crippen molar-refractivity contribution in [3.05, 3.63) is 23.8 Å². The first-order valence-electron chi connectivity index (χ1n) is 3.81. The van der Waals surface area contributed by atoms with Crippen LogP contribution in [0.4, 0.5) is 5.69 Å². The Morgan fingerprint density at radius 3 is 3.08 bits per heavy atom. The van der Waals surface area contributed by atoms with Gasteiger partial charge in [-0.3, -0.25) is 0 Å². The Balaban J connectivity index is 0.000000845. The van der Waals surface area contributed by atoms with Crippen LogP contribution in [0.2, 0.25) is 0 Å². The van der Waals surface area contributed by atoms with Gasteiger partial charge in [-0.15, -0.1) is 12.4 Å². The Labute approximate surface area is 82.7 Å². The van der Waals surface area contributed by atoms with Crippen molar-refractivity contribution in [1.82, 2.24) is 0 Å². The Bertz CT molecular complexity index is 346. The van der Waals surface area contributed by atoms with Crippen molar-refractivity contribution < 1.29 is 4.74 Å². The highest BCUT2D eigenvalue weighted by Gasteiger charge is 2.08. The maximum atomic E-state index is 8.61. The zero-order valence-electron chi connectivity index (χ0n) is 6.91. The molecular formula is C9H9ClN2O. The predicted molar refractivity (Wildman–Crippen MR) is 52.4 cm³/mol. The normalized spacial score (nSPS) is 12.5. The van der Waals surface area contributed by atoms with Gasteiger partial charge in [0.2, 0.25) is 0 Å². The van der Waals surface area contributed by atoms with E-state index in [4.69, 9.17) is 10.00 Å². The van der Waals surface area contributed by atoms with Crippen molar-refractivity contribution in [2.45, 2.75) is 0 Å². The Hall–Kier alpha value is -1.40. The Kier molecular flexibility index (Phi) is 2.99. The average molecular weight is 197 g/mol. The molecule has 0 aromatic heterocycles. The molecule has 68 valence electrons. The number of nitriles is 1. The summed E-state index contributed by atoms with van der Waals surface area (Å²) in [6.45, 7) is 1.50. The van der Waals surface area contributed by atoms with E-state index in [2.05, 4.69) is 11.4 Å². The zero-order chi connectivity index (χ0) is 8.39. The Morgan fingerprint density at radius 1 is 1.46 bits per heavy atom. The van der Waals surface area contributed by atoms with Crippen LogP contribution in [0.25, 0.3) is 0 Å². The molecule has 1 heterocycles. The van der Waals surface area contributed by atoms with Crippen LogP contribution in [-0.4, -0.2) is 13.2 Å². The minimum Gasteiger partial charge on any atom is -0.490 e. The molecule has 1 aliphatic heterocycles. The van der Waals surface area contributed by atoms with E-state index in [9.17, 15) is 0 Å². The van der Waals surface area contributed by atoms with Gasteiger partial charge in [-0.05, 0) is 12.1 Å². The quantitative estimate of drug-likeness (QED) is 0.688. The van der Waals surface area contributed by atoms with Gasteiger partial charge in [0.1, 0.15) is 12.4 Å². The summed E-state index contributed by atoms with van der Waals surface area (Å²) in [6, 6.07) is 7.47. The van der Waals surface area contributed by atoms with Crippen molar-refractivity contribution in [3.8, 4) is 11.8 Å². The van der Waals surface area contributed by atoms with Crippen molar-refractivity contribution in [2.75, 3.05) is 18.5 Å². The summed E-state index contributed by atoms with van der Waals surface area (Å²) < 4.78 is 5.35. The monoisotopic (exact) mass is 196 g/mol. The van der Waals surface area contributed by atoms with Gasteiger partial charge in [0.05, 0.1) is 17.3 Å². The summed E-state index contributed by atoms with van der Waals surface area (Å²) in [6.07, 6.45) is 0. The average Bonchev–Trinajstić information content (AvgIpc) is 2.17. The van der Waals surface area contributed by atoms with Gasteiger partial charge in [-0.25, -0.2) is 0 Å². The molecule has 0 fully saturated rings. The third-order valence-electron chi connectivity index (χ3n) is 1.79. The number of fused-ring (bicyclic) bond motifs is 1. The first-order valence-corrected chi connectivity index (χ1v) is 3.81. The minimum atomic E-state index is 0. The second kappa shape index (κ2) is 4.01. The molecule has 0 spiro atoms. The molecule has 1 aliphatic rings. The number of ether oxygens (including phenoxy) is 1. The molecule has 3 nitrogen and oxygen atoms in total. The molecule has 0 saturated carbocycles. The number of hydrogen-bond acceptors (Lipinski definition) is 3. The Morgan fingerprint density at radius 2 is 2.31 bits per heavy atom. The third kappa shape index (κ3) is 1.85. The molecule has 0 saturated heterocycles. The number of halogens is 1. The SMILES string of the molecule is Cl.N#Cc1ccc2c(c1)OCCN2. The van der Waals surface area contributed by atoms with Gasteiger partial charge in [0.15, 0.2) is 0 Å². The standard InChI is InChI=1S/C9H8N2O.ClH/c10-6-7-1-2-8-9(5-7)12-4-3-11-8;/h1-2,5,11H,3-4H2;1H. The number of anilines is 1. The fourth-order valence-electron chi connectivity index (χ4n) is 1.20. The molecule has 2 rings (SSSR count). The van der Waals surface area contributed by atoms with Crippen molar-refractivity contribution in [2.24, 2.45) is 0 Å². The first-order chi connectivity index (χ1) is 5.90. The van der Waals surface area contributed by atoms with E-state index >= 15 is 0 Å². The van der Waals surface area contributed by atoms with Crippen molar-refractivity contribution in [3.63, 3.8) is 0 Å². The highest BCUT2D eigenvalue weighted by atomic mass is 35.5. The lowest BCUT2D eigenvalue weighted by Crippen LogP contribution is -2.17. The number of rotatable bonds is 0. The van der Waals surface area contributed by atoms with Crippen LogP contribution in [-0.2, 0) is 0 Å². The molecule has 0 atom stereocenters. The number of nitrogens with zero attached hydrogens (tertiary/aromatic N) is 1. The minimum absolute atomic E-state index is 0. The smallest absolute Gasteiger partial charge is 0.143 e. The van der Waals surface area contributed by atoms with Gasteiger partial charge in [-0.1, -0.05) is 0 Å². The largest absolute Gasteiger partial charge is 0.490 e. The van der Waals surface area contributed by atoms with E-state index < -0.39 is 0 Å². The fourth-order valence-corrected chi connectivity index (χ4v) is 1.20. The molecule has 0 radical (unpaired) electrons. The topological polar surface area (TPSA) is 45.0 Å². The van der Waals surface area contributed by atoms with Gasteiger partial charge < -0.3 is 10.1 Å². The van der Waals surface area contributed by atoms with Crippen LogP contribution in [0.3, 0.4) is 0 Å². The summed E-state index contributed by atoms with van der Waals surface area (Å²) in [4.78, 5) is 0. The molecule has 0 unspecified atom stereocenters. The maximum Gasteiger partial charge on any atom is 0.143 e. The van der Waals surface area contributed by atoms with Gasteiger partial charge >= 0.3 is 0 Å². The van der Waals surface area contributed by atoms with Crippen molar-refractivity contribution in [1.29, 1.82) is 5.26 Å². The highest BCUT2D eigenvalue weighted by molar-refractivity contribution is 5.85. The number of benzene rings is 1. The molecule has 1 aromatic carbocycles. The summed E-state index contributed by atoms with van der Waals surface area (Å²) >= 11 is 0. The summed E-state index contributed by atoms with van der Waals surface area (Å²) in [5.41, 5.74) is 1.61. The van der Waals surface area contributed by atoms with E-state index in [1.54, 1.807) is 12.1 Å². The van der Waals surface area contributed by atoms with Gasteiger partial charge in [-0.2, -0.15) is 5.26 Å². The number of nitrogens with one attached hydrogen (secondary N) is 1. The van der Waals surface area contributed by atoms with Crippen LogP contribution in [0, 0.1) is 11.3 Å². The summed E-state index contributed by atoms with van der Waals surface area (Å²) in [5, 5.41) is 11.8. The van der Waals surface area contributed by atoms with Crippen LogP contribution < -0.4 is 10.1 Å². The molecule has 0 aliphatic carbocycles. The predicted octanol–water partition coefficient (Wildman–Crippen LogP) is 1.78. The first kappa shape index (κ1) is 9.69. The van der Waals surface area contributed by atoms with E-state index in [0.29, 0.717) is 12.2 Å². The van der Waals surface area contributed by atoms with E-state index in [0.717, 1.165) is 18.0 Å². The molecule has 13 heavy (non-hydrogen) atoms. The second-order valence-corrected chi connectivity index (χ2v) is 2.60. The number of hydrogen-bond donors (Lipinski definition) is 1. The third-order valence-corrected chi connectivity index (χ3v) is 1.79. The molecular weight excluding hydrogens is 188 g/mol. The van der Waals surface area contributed by atoms with E-state index in [1.165, 1.54) is 0 Å². The van der Waals surface area contributed by atoms with Gasteiger partial charge in [0, 0.05) is 12.6 Å². The highest BCUT2D eigenvalue weighted by Crippen LogP contribution is 2.27. The van der Waals surface area contributed by atoms with Crippen LogP contribution >= 0.6 is 12.4 Å². The summed E-state index contributed by atoms with van der Waals surface area (Å²) in [7, 11) is 0. The maximum absolute atomic E-state index is 8.61. The van der Waals surface area contributed by atoms with Crippen LogP contribution in [0.15, 0.2) is 18.2 Å². The molecule has 0 amide bonds. The lowest BCUT2D eigenvalue weighted by atomic mass is 10.2. The molecule has 1 aromatic rings.